The smallest absolute Gasteiger partial charge is 0.283 e. The van der Waals surface area contributed by atoms with E-state index in [0.717, 1.165) is 6.42 Å². The van der Waals surface area contributed by atoms with Gasteiger partial charge in [0.1, 0.15) is 0 Å². The Balaban J connectivity index is 3.01. The standard InChI is InChI=1S/C12H16N2O3S/c1-4-8(2)13-12(15)9-5-6-11(18-3)10(7-9)14(16)17/h5-8H,4H2,1-3H3,(H,13,15)/t8-/m1/s1. The van der Waals surface area contributed by atoms with Gasteiger partial charge in [-0.1, -0.05) is 6.92 Å². The summed E-state index contributed by atoms with van der Waals surface area (Å²) in [6, 6.07) is 4.59. The average molecular weight is 268 g/mol. The highest BCUT2D eigenvalue weighted by molar-refractivity contribution is 7.98. The Labute approximate surface area is 110 Å². The summed E-state index contributed by atoms with van der Waals surface area (Å²) in [7, 11) is 0. The zero-order valence-corrected chi connectivity index (χ0v) is 11.4. The Bertz CT molecular complexity index is 463. The van der Waals surface area contributed by atoms with Crippen molar-refractivity contribution in [1.82, 2.24) is 5.32 Å². The van der Waals surface area contributed by atoms with Crippen LogP contribution in [0.25, 0.3) is 0 Å². The second kappa shape index (κ2) is 6.39. The maximum absolute atomic E-state index is 11.8. The molecule has 0 heterocycles. The number of carbonyl (C=O) groups is 1. The summed E-state index contributed by atoms with van der Waals surface area (Å²) >= 11 is 1.29. The van der Waals surface area contributed by atoms with Gasteiger partial charge in [0, 0.05) is 17.7 Å². The first-order valence-corrected chi connectivity index (χ1v) is 6.85. The minimum Gasteiger partial charge on any atom is -0.350 e. The topological polar surface area (TPSA) is 72.2 Å². The molecule has 1 aromatic carbocycles. The van der Waals surface area contributed by atoms with E-state index in [-0.39, 0.29) is 17.6 Å². The van der Waals surface area contributed by atoms with Gasteiger partial charge in [-0.15, -0.1) is 11.8 Å². The predicted molar refractivity (Wildman–Crippen MR) is 72.1 cm³/mol. The number of nitrogens with zero attached hydrogens (tertiary/aromatic N) is 1. The third-order valence-electron chi connectivity index (χ3n) is 2.63. The van der Waals surface area contributed by atoms with E-state index >= 15 is 0 Å². The van der Waals surface area contributed by atoms with Crippen LogP contribution in [0.5, 0.6) is 0 Å². The van der Waals surface area contributed by atoms with Crippen LogP contribution in [0.2, 0.25) is 0 Å². The van der Waals surface area contributed by atoms with Crippen LogP contribution in [0.1, 0.15) is 30.6 Å². The lowest BCUT2D eigenvalue weighted by molar-refractivity contribution is -0.387. The van der Waals surface area contributed by atoms with Crippen molar-refractivity contribution in [3.8, 4) is 0 Å². The highest BCUT2D eigenvalue weighted by atomic mass is 32.2. The number of carbonyl (C=O) groups excluding carboxylic acids is 1. The van der Waals surface area contributed by atoms with E-state index in [1.807, 2.05) is 13.8 Å². The lowest BCUT2D eigenvalue weighted by Crippen LogP contribution is -2.31. The average Bonchev–Trinajstić information content (AvgIpc) is 2.37. The van der Waals surface area contributed by atoms with Crippen molar-refractivity contribution < 1.29 is 9.72 Å². The number of benzene rings is 1. The van der Waals surface area contributed by atoms with Crippen LogP contribution in [0.15, 0.2) is 23.1 Å². The number of amides is 1. The molecule has 1 N–H and O–H groups in total. The first-order valence-electron chi connectivity index (χ1n) is 5.62. The highest BCUT2D eigenvalue weighted by Gasteiger charge is 2.17. The fourth-order valence-corrected chi connectivity index (χ4v) is 1.93. The number of hydrogen-bond donors (Lipinski definition) is 1. The molecule has 0 saturated carbocycles. The van der Waals surface area contributed by atoms with Gasteiger partial charge in [0.15, 0.2) is 0 Å². The lowest BCUT2D eigenvalue weighted by atomic mass is 10.1. The fraction of sp³-hybridized carbons (Fsp3) is 0.417. The van der Waals surface area contributed by atoms with Gasteiger partial charge in [-0.05, 0) is 31.7 Å². The number of nitro benzene ring substituents is 1. The predicted octanol–water partition coefficient (Wildman–Crippen LogP) is 2.85. The number of thioether (sulfide) groups is 1. The summed E-state index contributed by atoms with van der Waals surface area (Å²) in [5.41, 5.74) is 0.291. The monoisotopic (exact) mass is 268 g/mol. The van der Waals surface area contributed by atoms with Crippen molar-refractivity contribution in [2.75, 3.05) is 6.26 Å². The lowest BCUT2D eigenvalue weighted by Gasteiger charge is -2.11. The van der Waals surface area contributed by atoms with Crippen molar-refractivity contribution in [3.63, 3.8) is 0 Å². The molecule has 1 aromatic rings. The maximum Gasteiger partial charge on any atom is 0.283 e. The first kappa shape index (κ1) is 14.5. The van der Waals surface area contributed by atoms with E-state index in [0.29, 0.717) is 10.5 Å². The fourth-order valence-electron chi connectivity index (χ4n) is 1.38. The van der Waals surface area contributed by atoms with E-state index in [1.54, 1.807) is 18.4 Å². The molecule has 0 saturated heterocycles. The molecule has 1 atom stereocenters. The summed E-state index contributed by atoms with van der Waals surface area (Å²) in [6.07, 6.45) is 2.58. The van der Waals surface area contributed by atoms with Gasteiger partial charge in [0.05, 0.1) is 9.82 Å². The second-order valence-corrected chi connectivity index (χ2v) is 4.77. The number of nitrogens with one attached hydrogen (secondary N) is 1. The van der Waals surface area contributed by atoms with Gasteiger partial charge in [-0.25, -0.2) is 0 Å². The van der Waals surface area contributed by atoms with Crippen molar-refractivity contribution in [2.24, 2.45) is 0 Å². The molecule has 5 nitrogen and oxygen atoms in total. The van der Waals surface area contributed by atoms with Gasteiger partial charge < -0.3 is 5.32 Å². The minimum absolute atomic E-state index is 0.0284. The van der Waals surface area contributed by atoms with Crippen LogP contribution in [0.4, 0.5) is 5.69 Å². The molecule has 98 valence electrons. The van der Waals surface area contributed by atoms with E-state index in [4.69, 9.17) is 0 Å². The molecule has 18 heavy (non-hydrogen) atoms. The van der Waals surface area contributed by atoms with Gasteiger partial charge in [-0.2, -0.15) is 0 Å². The molecule has 0 aliphatic heterocycles. The minimum atomic E-state index is -0.466. The summed E-state index contributed by atoms with van der Waals surface area (Å²) in [5, 5.41) is 13.7. The molecule has 0 radical (unpaired) electrons. The van der Waals surface area contributed by atoms with Crippen molar-refractivity contribution in [2.45, 2.75) is 31.2 Å². The Morgan fingerprint density at radius 1 is 1.56 bits per heavy atom. The molecular weight excluding hydrogens is 252 g/mol. The Hall–Kier alpha value is -1.56. The normalized spacial score (nSPS) is 11.9. The van der Waals surface area contributed by atoms with Crippen molar-refractivity contribution >= 4 is 23.4 Å². The van der Waals surface area contributed by atoms with Crippen LogP contribution in [-0.2, 0) is 0 Å². The summed E-state index contributed by atoms with van der Waals surface area (Å²) in [6.45, 7) is 3.85. The van der Waals surface area contributed by atoms with Gasteiger partial charge in [0.2, 0.25) is 0 Å². The zero-order valence-electron chi connectivity index (χ0n) is 10.6. The summed E-state index contributed by atoms with van der Waals surface area (Å²) in [5.74, 6) is -0.278. The van der Waals surface area contributed by atoms with E-state index in [1.165, 1.54) is 17.8 Å². The van der Waals surface area contributed by atoms with Crippen LogP contribution < -0.4 is 5.32 Å². The molecule has 6 heteroatoms. The van der Waals surface area contributed by atoms with Gasteiger partial charge in [0.25, 0.3) is 11.6 Å². The molecule has 0 fully saturated rings. The molecular formula is C12H16N2O3S. The van der Waals surface area contributed by atoms with E-state index in [2.05, 4.69) is 5.32 Å². The molecule has 0 spiro atoms. The van der Waals surface area contributed by atoms with Gasteiger partial charge in [-0.3, -0.25) is 14.9 Å². The third-order valence-corrected chi connectivity index (χ3v) is 3.41. The van der Waals surface area contributed by atoms with Crippen LogP contribution in [0.3, 0.4) is 0 Å². The molecule has 1 amide bonds. The van der Waals surface area contributed by atoms with Crippen LogP contribution in [-0.4, -0.2) is 23.1 Å². The molecule has 0 aliphatic rings. The van der Waals surface area contributed by atoms with E-state index < -0.39 is 4.92 Å². The molecule has 0 unspecified atom stereocenters. The summed E-state index contributed by atoms with van der Waals surface area (Å²) < 4.78 is 0. The Kier molecular flexibility index (Phi) is 5.15. The molecule has 0 bridgehead atoms. The molecule has 0 aliphatic carbocycles. The zero-order chi connectivity index (χ0) is 13.7. The summed E-state index contributed by atoms with van der Waals surface area (Å²) in [4.78, 5) is 22.8. The maximum atomic E-state index is 11.8. The molecule has 1 rings (SSSR count). The first-order chi connectivity index (χ1) is 8.49. The van der Waals surface area contributed by atoms with Crippen LogP contribution >= 0.6 is 11.8 Å². The number of rotatable bonds is 5. The largest absolute Gasteiger partial charge is 0.350 e. The second-order valence-electron chi connectivity index (χ2n) is 3.93. The SMILES string of the molecule is CC[C@@H](C)NC(=O)c1ccc(SC)c([N+](=O)[O-])c1. The van der Waals surface area contributed by atoms with E-state index in [9.17, 15) is 14.9 Å². The highest BCUT2D eigenvalue weighted by Crippen LogP contribution is 2.28. The Morgan fingerprint density at radius 2 is 2.22 bits per heavy atom. The number of hydrogen-bond acceptors (Lipinski definition) is 4. The molecule has 0 aromatic heterocycles. The number of nitro groups is 1. The Morgan fingerprint density at radius 3 is 2.72 bits per heavy atom. The van der Waals surface area contributed by atoms with Crippen molar-refractivity contribution in [3.05, 3.63) is 33.9 Å². The third kappa shape index (κ3) is 3.46. The quantitative estimate of drug-likeness (QED) is 0.506. The van der Waals surface area contributed by atoms with Crippen LogP contribution in [0, 0.1) is 10.1 Å². The van der Waals surface area contributed by atoms with Crippen molar-refractivity contribution in [1.29, 1.82) is 0 Å². The van der Waals surface area contributed by atoms with Gasteiger partial charge >= 0.3 is 0 Å².